The molecular weight excluding hydrogens is 486 g/mol. The standard InChI is InChI=1S/C32H35N5O2/c1-31(2,3)35-30(38)39-32(17-8-18-32)22-13-11-21(12-14-22)27-24(20-9-6-5-7-10-20)19-25-26(34-27)16-15-23-28(25)36-37-29(23)33-4/h5-7,9-14,19H,8,15-18H2,1-4H3,(H,35,38)(H2,33,36,37). The molecule has 4 aromatic rings. The number of amides is 1. The lowest BCUT2D eigenvalue weighted by molar-refractivity contribution is -0.0549. The van der Waals surface area contributed by atoms with Crippen LogP contribution in [0.5, 0.6) is 0 Å². The highest BCUT2D eigenvalue weighted by Crippen LogP contribution is 2.46. The average molecular weight is 522 g/mol. The SMILES string of the molecule is CNc1[nH]nc2c1CCc1nc(-c3ccc(C4(OC(=O)NC(C)(C)C)CCC4)cc3)c(-c3ccccc3)cc1-2. The summed E-state index contributed by atoms with van der Waals surface area (Å²) in [5.41, 5.74) is 8.63. The Morgan fingerprint density at radius 3 is 2.33 bits per heavy atom. The number of aryl methyl sites for hydroxylation is 1. The number of nitrogens with one attached hydrogen (secondary N) is 3. The van der Waals surface area contributed by atoms with E-state index < -0.39 is 5.60 Å². The molecule has 0 aliphatic heterocycles. The summed E-state index contributed by atoms with van der Waals surface area (Å²) in [6.07, 6.45) is 4.08. The molecule has 200 valence electrons. The molecule has 0 unspecified atom stereocenters. The Labute approximate surface area is 229 Å². The number of carbonyl (C=O) groups excluding carboxylic acids is 1. The van der Waals surface area contributed by atoms with Crippen molar-refractivity contribution in [3.63, 3.8) is 0 Å². The van der Waals surface area contributed by atoms with Crippen LogP contribution in [0.25, 0.3) is 33.6 Å². The van der Waals surface area contributed by atoms with Crippen molar-refractivity contribution in [3.8, 4) is 33.6 Å². The van der Waals surface area contributed by atoms with Gasteiger partial charge in [0.05, 0.1) is 17.1 Å². The van der Waals surface area contributed by atoms with Crippen LogP contribution in [0.15, 0.2) is 60.7 Å². The molecule has 6 rings (SSSR count). The molecule has 3 N–H and O–H groups in total. The minimum Gasteiger partial charge on any atom is -0.438 e. The fourth-order valence-corrected chi connectivity index (χ4v) is 5.67. The number of nitrogens with zero attached hydrogens (tertiary/aromatic N) is 2. The van der Waals surface area contributed by atoms with Gasteiger partial charge in [0.25, 0.3) is 0 Å². The summed E-state index contributed by atoms with van der Waals surface area (Å²) < 4.78 is 6.01. The highest BCUT2D eigenvalue weighted by Gasteiger charge is 2.43. The number of fused-ring (bicyclic) bond motifs is 3. The van der Waals surface area contributed by atoms with Crippen molar-refractivity contribution in [3.05, 3.63) is 77.5 Å². The van der Waals surface area contributed by atoms with Gasteiger partial charge in [-0.3, -0.25) is 10.1 Å². The molecule has 0 atom stereocenters. The summed E-state index contributed by atoms with van der Waals surface area (Å²) in [6, 6.07) is 21.1. The number of ether oxygens (including phenoxy) is 1. The predicted octanol–water partition coefficient (Wildman–Crippen LogP) is 6.85. The van der Waals surface area contributed by atoms with E-state index in [4.69, 9.17) is 9.72 Å². The van der Waals surface area contributed by atoms with Crippen molar-refractivity contribution in [1.82, 2.24) is 20.5 Å². The van der Waals surface area contributed by atoms with Gasteiger partial charge in [-0.05, 0) is 70.1 Å². The summed E-state index contributed by atoms with van der Waals surface area (Å²) in [6.45, 7) is 5.87. The first-order chi connectivity index (χ1) is 18.8. The van der Waals surface area contributed by atoms with Gasteiger partial charge in [-0.1, -0.05) is 54.6 Å². The smallest absolute Gasteiger partial charge is 0.408 e. The molecular formula is C32H35N5O2. The first kappa shape index (κ1) is 25.2. The van der Waals surface area contributed by atoms with Crippen LogP contribution in [-0.2, 0) is 23.2 Å². The fourth-order valence-electron chi connectivity index (χ4n) is 5.67. The summed E-state index contributed by atoms with van der Waals surface area (Å²) in [5.74, 6) is 0.972. The van der Waals surface area contributed by atoms with Gasteiger partial charge in [-0.15, -0.1) is 0 Å². The Morgan fingerprint density at radius 2 is 1.69 bits per heavy atom. The molecule has 0 saturated heterocycles. The number of pyridine rings is 1. The van der Waals surface area contributed by atoms with E-state index in [-0.39, 0.29) is 11.6 Å². The van der Waals surface area contributed by atoms with Gasteiger partial charge in [-0.25, -0.2) is 4.79 Å². The third-order valence-electron chi connectivity index (χ3n) is 7.78. The van der Waals surface area contributed by atoms with E-state index in [2.05, 4.69) is 75.4 Å². The molecule has 2 aliphatic carbocycles. The fraction of sp³-hybridized carbons (Fsp3) is 0.344. The van der Waals surface area contributed by atoms with Crippen molar-refractivity contribution in [2.24, 2.45) is 0 Å². The lowest BCUT2D eigenvalue weighted by atomic mass is 9.74. The Bertz CT molecular complexity index is 1510. The zero-order valence-corrected chi connectivity index (χ0v) is 23.0. The first-order valence-electron chi connectivity index (χ1n) is 13.7. The summed E-state index contributed by atoms with van der Waals surface area (Å²) in [7, 11) is 1.92. The van der Waals surface area contributed by atoms with Crippen LogP contribution in [0.1, 0.15) is 56.9 Å². The van der Waals surface area contributed by atoms with Crippen molar-refractivity contribution >= 4 is 11.9 Å². The van der Waals surface area contributed by atoms with Gasteiger partial charge in [0.2, 0.25) is 0 Å². The molecule has 0 spiro atoms. The van der Waals surface area contributed by atoms with Crippen LogP contribution in [0.4, 0.5) is 10.6 Å². The highest BCUT2D eigenvalue weighted by molar-refractivity contribution is 5.86. The molecule has 0 radical (unpaired) electrons. The van der Waals surface area contributed by atoms with E-state index in [1.807, 2.05) is 33.9 Å². The number of hydrogen-bond acceptors (Lipinski definition) is 5. The normalized spacial score (nSPS) is 15.5. The van der Waals surface area contributed by atoms with E-state index in [0.29, 0.717) is 0 Å². The van der Waals surface area contributed by atoms with Crippen LogP contribution in [0.3, 0.4) is 0 Å². The molecule has 1 saturated carbocycles. The zero-order chi connectivity index (χ0) is 27.2. The Hall–Kier alpha value is -4.13. The van der Waals surface area contributed by atoms with Gasteiger partial charge in [0, 0.05) is 34.8 Å². The third kappa shape index (κ3) is 4.67. The van der Waals surface area contributed by atoms with Crippen molar-refractivity contribution in [1.29, 1.82) is 0 Å². The van der Waals surface area contributed by atoms with E-state index in [1.165, 1.54) is 5.56 Å². The molecule has 2 heterocycles. The van der Waals surface area contributed by atoms with Crippen molar-refractivity contribution in [2.45, 2.75) is 64.0 Å². The molecule has 2 aromatic carbocycles. The van der Waals surface area contributed by atoms with Crippen LogP contribution in [0.2, 0.25) is 0 Å². The number of aromatic nitrogens is 3. The topological polar surface area (TPSA) is 91.9 Å². The van der Waals surface area contributed by atoms with Crippen LogP contribution in [0, 0.1) is 0 Å². The van der Waals surface area contributed by atoms with E-state index in [1.54, 1.807) is 0 Å². The maximum Gasteiger partial charge on any atom is 0.408 e. The van der Waals surface area contributed by atoms with E-state index in [9.17, 15) is 4.79 Å². The maximum atomic E-state index is 12.6. The number of hydrogen-bond donors (Lipinski definition) is 3. The van der Waals surface area contributed by atoms with E-state index in [0.717, 1.165) is 82.8 Å². The van der Waals surface area contributed by atoms with Gasteiger partial charge in [0.15, 0.2) is 0 Å². The molecule has 0 bridgehead atoms. The number of alkyl carbamates (subject to hydrolysis) is 1. The molecule has 2 aromatic heterocycles. The predicted molar refractivity (Wildman–Crippen MR) is 155 cm³/mol. The lowest BCUT2D eigenvalue weighted by Crippen LogP contribution is -2.47. The van der Waals surface area contributed by atoms with Crippen molar-refractivity contribution in [2.75, 3.05) is 12.4 Å². The minimum atomic E-state index is -0.569. The third-order valence-corrected chi connectivity index (χ3v) is 7.78. The number of benzene rings is 2. The summed E-state index contributed by atoms with van der Waals surface area (Å²) in [4.78, 5) is 17.9. The quantitative estimate of drug-likeness (QED) is 0.267. The molecule has 2 aliphatic rings. The number of rotatable bonds is 5. The highest BCUT2D eigenvalue weighted by atomic mass is 16.6. The van der Waals surface area contributed by atoms with Crippen LogP contribution < -0.4 is 10.6 Å². The van der Waals surface area contributed by atoms with Gasteiger partial charge in [0.1, 0.15) is 11.4 Å². The van der Waals surface area contributed by atoms with Gasteiger partial charge in [-0.2, -0.15) is 5.10 Å². The number of aromatic amines is 1. The van der Waals surface area contributed by atoms with Gasteiger partial charge < -0.3 is 15.4 Å². The molecule has 1 fully saturated rings. The number of H-pyrrole nitrogens is 1. The number of anilines is 1. The van der Waals surface area contributed by atoms with Crippen LogP contribution >= 0.6 is 0 Å². The average Bonchev–Trinajstić information content (AvgIpc) is 3.33. The van der Waals surface area contributed by atoms with Gasteiger partial charge >= 0.3 is 6.09 Å². The van der Waals surface area contributed by atoms with Crippen molar-refractivity contribution < 1.29 is 9.53 Å². The van der Waals surface area contributed by atoms with Crippen LogP contribution in [-0.4, -0.2) is 33.9 Å². The lowest BCUT2D eigenvalue weighted by Gasteiger charge is -2.42. The monoisotopic (exact) mass is 521 g/mol. The zero-order valence-electron chi connectivity index (χ0n) is 23.0. The molecule has 1 amide bonds. The Balaban J connectivity index is 1.38. The maximum absolute atomic E-state index is 12.6. The minimum absolute atomic E-state index is 0.344. The summed E-state index contributed by atoms with van der Waals surface area (Å²) in [5, 5.41) is 13.9. The second-order valence-electron chi connectivity index (χ2n) is 11.6. The van der Waals surface area contributed by atoms with E-state index >= 15 is 0 Å². The first-order valence-corrected chi connectivity index (χ1v) is 13.7. The molecule has 7 heteroatoms. The largest absolute Gasteiger partial charge is 0.438 e. The molecule has 39 heavy (non-hydrogen) atoms. The number of carbonyl (C=O) groups is 1. The molecule has 7 nitrogen and oxygen atoms in total. The Morgan fingerprint density at radius 1 is 0.949 bits per heavy atom. The summed E-state index contributed by atoms with van der Waals surface area (Å²) >= 11 is 0. The Kier molecular flexibility index (Phi) is 6.17. The second-order valence-corrected chi connectivity index (χ2v) is 11.6. The second kappa shape index (κ2) is 9.56.